The molecule has 4 aliphatic carbocycles. The van der Waals surface area contributed by atoms with Gasteiger partial charge in [0.25, 0.3) is 0 Å². The number of aliphatic hydroxyl groups excluding tert-OH is 12. The fraction of sp³-hybridized carbons (Fsp3) is 0.962. The summed E-state index contributed by atoms with van der Waals surface area (Å²) in [6.07, 6.45) is -19.4. The predicted molar refractivity (Wildman–Crippen MR) is 254 cm³/mol. The number of ether oxygens (including phenoxy) is 10. The Morgan fingerprint density at radius 3 is 1.86 bits per heavy atom. The van der Waals surface area contributed by atoms with Crippen LogP contribution in [-0.4, -0.2) is 229 Å². The Hall–Kier alpha value is -1.14. The van der Waals surface area contributed by atoms with Crippen molar-refractivity contribution < 1.29 is 109 Å². The van der Waals surface area contributed by atoms with Crippen LogP contribution in [0.25, 0.3) is 0 Å². The average molecular weight is 1060 g/mol. The van der Waals surface area contributed by atoms with Gasteiger partial charge in [-0.05, 0) is 106 Å². The molecule has 0 aromatic heterocycles. The van der Waals surface area contributed by atoms with Gasteiger partial charge in [0.15, 0.2) is 30.9 Å². The third kappa shape index (κ3) is 10.1. The molecule has 0 radical (unpaired) electrons. The number of hydrogen-bond donors (Lipinski definition) is 12. The van der Waals surface area contributed by atoms with Gasteiger partial charge in [-0.15, -0.1) is 0 Å². The molecule has 0 bridgehead atoms. The molecule has 5 aliphatic heterocycles. The number of methoxy groups -OCH3 is 1. The Morgan fingerprint density at radius 2 is 1.24 bits per heavy atom. The zero-order valence-corrected chi connectivity index (χ0v) is 43.7. The minimum absolute atomic E-state index is 0.00465. The van der Waals surface area contributed by atoms with E-state index in [0.717, 1.165) is 32.1 Å². The standard InChI is InChI=1S/C52H86O22/c1-21(20-66-46-40(61)39(60)36(57)31(18-53)70-46)10-15-52(65-7)22(2)33-30(74-52)17-29-27-9-8-25-16-26(11-13-50(25,5)28(27)12-14-51(29,33)6)69-49-45(73-48-42(63)38(59)35(56)24(4)68-48)43(64)44(32(19-54)71-49)72-47-41(62)37(58)34(55)23(3)67-47/h8,21-24,26-49,53-64H,9-20H2,1-7H3/t21-,22+,23+,24+,26+,27-,28+,29+,30+,31-,32-,33+,34+,35+,36-,37-,38-,39+,40-,41-,42-,43+,44-,45-,46-,47+,48+,49-,50+,51+,52-/m1/s1. The van der Waals surface area contributed by atoms with Crippen molar-refractivity contribution >= 4 is 0 Å². The first-order chi connectivity index (χ1) is 35.0. The number of allylic oxidation sites excluding steroid dienone is 1. The molecule has 8 fully saturated rings. The Kier molecular flexibility index (Phi) is 17.4. The minimum Gasteiger partial charge on any atom is -0.394 e. The maximum absolute atomic E-state index is 12.1. The van der Waals surface area contributed by atoms with Crippen molar-refractivity contribution in [1.82, 2.24) is 0 Å². The van der Waals surface area contributed by atoms with Crippen LogP contribution in [0.15, 0.2) is 11.6 Å². The molecule has 9 rings (SSSR count). The zero-order chi connectivity index (χ0) is 53.5. The maximum atomic E-state index is 12.1. The van der Waals surface area contributed by atoms with Crippen LogP contribution >= 0.6 is 0 Å². The number of rotatable bonds is 15. The lowest BCUT2D eigenvalue weighted by molar-refractivity contribution is -0.388. The second kappa shape index (κ2) is 22.4. The van der Waals surface area contributed by atoms with Gasteiger partial charge >= 0.3 is 0 Å². The molecule has 74 heavy (non-hydrogen) atoms. The predicted octanol–water partition coefficient (Wildman–Crippen LogP) is -1.33. The fourth-order valence-corrected chi connectivity index (χ4v) is 15.3. The molecule has 31 atom stereocenters. The van der Waals surface area contributed by atoms with Crippen LogP contribution < -0.4 is 0 Å². The summed E-state index contributed by atoms with van der Waals surface area (Å²) in [5, 5.41) is 127. The van der Waals surface area contributed by atoms with Crippen molar-refractivity contribution in [2.24, 2.45) is 46.3 Å². The average Bonchev–Trinajstić information content (AvgIpc) is 3.84. The van der Waals surface area contributed by atoms with E-state index in [0.29, 0.717) is 43.4 Å². The molecule has 5 saturated heterocycles. The highest BCUT2D eigenvalue weighted by Gasteiger charge is 2.68. The molecular weight excluding hydrogens is 977 g/mol. The lowest BCUT2D eigenvalue weighted by Gasteiger charge is -2.58. The summed E-state index contributed by atoms with van der Waals surface area (Å²) in [6.45, 7) is 11.1. The van der Waals surface area contributed by atoms with Gasteiger partial charge in [0.1, 0.15) is 85.5 Å². The summed E-state index contributed by atoms with van der Waals surface area (Å²) in [4.78, 5) is 0. The first kappa shape index (κ1) is 57.5. The van der Waals surface area contributed by atoms with Crippen molar-refractivity contribution in [1.29, 1.82) is 0 Å². The van der Waals surface area contributed by atoms with Gasteiger partial charge in [0.05, 0.1) is 44.2 Å². The van der Waals surface area contributed by atoms with Gasteiger partial charge < -0.3 is 109 Å². The van der Waals surface area contributed by atoms with Crippen LogP contribution in [0.5, 0.6) is 0 Å². The molecule has 426 valence electrons. The Labute approximate surface area is 432 Å². The molecule has 0 unspecified atom stereocenters. The SMILES string of the molecule is CO[C@]1(CC[C@@H](C)CO[C@@H]2O[C@H](CO)[C@@H](O)[C@H](O)[C@H]2O)O[C@H]2C[C@H]3[C@@H]4CC=C5C[C@@H](O[C@@H]6O[C@H](CO)[C@@H](O[C@@H]7O[C@@H](C)[C@H](O)[C@@H](O)[C@H]7O)[C@H](O)[C@H]6O[C@@H]6O[C@@H](C)[C@H](O)[C@@H](O)[C@H]6O)CC[C@]5(C)[C@H]4CC[C@]3(C)[C@H]2[C@@H]1C. The van der Waals surface area contributed by atoms with Gasteiger partial charge in [0, 0.05) is 19.4 Å². The molecule has 22 nitrogen and oxygen atoms in total. The van der Waals surface area contributed by atoms with E-state index in [9.17, 15) is 61.3 Å². The summed E-state index contributed by atoms with van der Waals surface area (Å²) in [7, 11) is 1.72. The van der Waals surface area contributed by atoms with Crippen LogP contribution in [0.1, 0.15) is 99.3 Å². The summed E-state index contributed by atoms with van der Waals surface area (Å²) < 4.78 is 61.5. The van der Waals surface area contributed by atoms with Gasteiger partial charge in [-0.3, -0.25) is 0 Å². The fourth-order valence-electron chi connectivity index (χ4n) is 15.3. The van der Waals surface area contributed by atoms with Crippen LogP contribution in [0.4, 0.5) is 0 Å². The molecule has 0 aromatic rings. The first-order valence-corrected chi connectivity index (χ1v) is 27.2. The van der Waals surface area contributed by atoms with E-state index in [1.54, 1.807) is 7.11 Å². The quantitative estimate of drug-likeness (QED) is 0.0846. The minimum atomic E-state index is -1.74. The second-order valence-corrected chi connectivity index (χ2v) is 24.0. The molecule has 0 amide bonds. The van der Waals surface area contributed by atoms with Crippen LogP contribution in [0.3, 0.4) is 0 Å². The molecule has 22 heteroatoms. The smallest absolute Gasteiger partial charge is 0.187 e. The van der Waals surface area contributed by atoms with Gasteiger partial charge in [-0.2, -0.15) is 0 Å². The maximum Gasteiger partial charge on any atom is 0.187 e. The summed E-state index contributed by atoms with van der Waals surface area (Å²) in [5.41, 5.74) is 1.19. The van der Waals surface area contributed by atoms with E-state index in [4.69, 9.17) is 47.4 Å². The van der Waals surface area contributed by atoms with Crippen LogP contribution in [0, 0.1) is 46.3 Å². The normalized spacial score (nSPS) is 54.9. The lowest BCUT2D eigenvalue weighted by Crippen LogP contribution is -2.66. The topological polar surface area (TPSA) is 335 Å². The summed E-state index contributed by atoms with van der Waals surface area (Å²) in [6, 6.07) is 0. The molecule has 12 N–H and O–H groups in total. The lowest BCUT2D eigenvalue weighted by atomic mass is 9.47. The number of aliphatic hydroxyl groups is 12. The monoisotopic (exact) mass is 1060 g/mol. The second-order valence-electron chi connectivity index (χ2n) is 24.0. The Bertz CT molecular complexity index is 1920. The van der Waals surface area contributed by atoms with E-state index in [1.165, 1.54) is 19.4 Å². The highest BCUT2D eigenvalue weighted by Crippen LogP contribution is 2.70. The highest BCUT2D eigenvalue weighted by molar-refractivity contribution is 5.26. The Balaban J connectivity index is 0.854. The third-order valence-electron chi connectivity index (χ3n) is 19.8. The van der Waals surface area contributed by atoms with Gasteiger partial charge in [-0.1, -0.05) is 39.3 Å². The highest BCUT2D eigenvalue weighted by atomic mass is 16.8. The molecule has 5 heterocycles. The van der Waals surface area contributed by atoms with Crippen LogP contribution in [0.2, 0.25) is 0 Å². The van der Waals surface area contributed by atoms with E-state index >= 15 is 0 Å². The van der Waals surface area contributed by atoms with E-state index in [-0.39, 0.29) is 41.3 Å². The number of fused-ring (bicyclic) bond motifs is 7. The molecular formula is C52H86O22. The number of hydrogen-bond acceptors (Lipinski definition) is 22. The van der Waals surface area contributed by atoms with Crippen molar-refractivity contribution in [3.63, 3.8) is 0 Å². The van der Waals surface area contributed by atoms with Crippen LogP contribution in [-0.2, 0) is 47.4 Å². The van der Waals surface area contributed by atoms with E-state index in [2.05, 4.69) is 26.8 Å². The van der Waals surface area contributed by atoms with Crippen molar-refractivity contribution in [2.75, 3.05) is 26.9 Å². The first-order valence-electron chi connectivity index (χ1n) is 27.2. The summed E-state index contributed by atoms with van der Waals surface area (Å²) >= 11 is 0. The largest absolute Gasteiger partial charge is 0.394 e. The molecule has 0 spiro atoms. The third-order valence-corrected chi connectivity index (χ3v) is 19.8. The van der Waals surface area contributed by atoms with E-state index < -0.39 is 148 Å². The summed E-state index contributed by atoms with van der Waals surface area (Å²) in [5.74, 6) is 0.884. The molecule has 0 aromatic carbocycles. The van der Waals surface area contributed by atoms with Gasteiger partial charge in [-0.25, -0.2) is 0 Å². The van der Waals surface area contributed by atoms with E-state index in [1.807, 2.05) is 6.92 Å². The zero-order valence-electron chi connectivity index (χ0n) is 43.7. The molecule has 3 saturated carbocycles. The van der Waals surface area contributed by atoms with Crippen molar-refractivity contribution in [2.45, 2.75) is 240 Å². The Morgan fingerprint density at radius 1 is 0.649 bits per heavy atom. The van der Waals surface area contributed by atoms with Crippen molar-refractivity contribution in [3.8, 4) is 0 Å². The van der Waals surface area contributed by atoms with Gasteiger partial charge in [0.2, 0.25) is 0 Å². The molecule has 9 aliphatic rings. The van der Waals surface area contributed by atoms with Crippen molar-refractivity contribution in [3.05, 3.63) is 11.6 Å².